The van der Waals surface area contributed by atoms with Crippen LogP contribution in [0.1, 0.15) is 10.4 Å². The number of methoxy groups -OCH3 is 1. The Bertz CT molecular complexity index is 484. The van der Waals surface area contributed by atoms with Gasteiger partial charge in [-0.1, -0.05) is 12.1 Å². The minimum absolute atomic E-state index is 0.0336. The normalized spacial score (nSPS) is 9.53. The zero-order valence-electron chi connectivity index (χ0n) is 10.5. The van der Waals surface area contributed by atoms with E-state index in [0.717, 1.165) is 0 Å². The fourth-order valence-electron chi connectivity index (χ4n) is 1.37. The molecule has 0 aliphatic rings. The Balaban J connectivity index is 2.83. The van der Waals surface area contributed by atoms with E-state index in [9.17, 15) is 9.59 Å². The topological polar surface area (TPSA) is 84.9 Å². The van der Waals surface area contributed by atoms with E-state index in [-0.39, 0.29) is 29.6 Å². The van der Waals surface area contributed by atoms with E-state index in [1.54, 1.807) is 6.07 Å². The number of nitrogens with one attached hydrogen (secondary N) is 1. The van der Waals surface area contributed by atoms with E-state index < -0.39 is 5.97 Å². The average molecular weight is 265 g/mol. The molecule has 1 rings (SSSR count). The second-order valence-electron chi connectivity index (χ2n) is 3.52. The third kappa shape index (κ3) is 4.02. The largest absolute Gasteiger partial charge is 0.493 e. The van der Waals surface area contributed by atoms with Gasteiger partial charge in [0.2, 0.25) is 0 Å². The minimum Gasteiger partial charge on any atom is -0.493 e. The van der Waals surface area contributed by atoms with Crippen molar-refractivity contribution in [3.8, 4) is 11.5 Å². The number of hydrogen-bond donors (Lipinski definition) is 2. The Morgan fingerprint density at radius 3 is 2.79 bits per heavy atom. The molecule has 0 aromatic heterocycles. The molecule has 0 bridgehead atoms. The Morgan fingerprint density at radius 2 is 2.21 bits per heavy atom. The maximum atomic E-state index is 11.4. The molecular formula is C13H15NO5. The van der Waals surface area contributed by atoms with E-state index in [4.69, 9.17) is 14.6 Å². The van der Waals surface area contributed by atoms with Crippen molar-refractivity contribution in [1.29, 1.82) is 0 Å². The van der Waals surface area contributed by atoms with Crippen molar-refractivity contribution in [3.05, 3.63) is 36.4 Å². The molecule has 102 valence electrons. The van der Waals surface area contributed by atoms with Crippen LogP contribution in [-0.4, -0.2) is 37.2 Å². The number of aromatic carboxylic acids is 1. The van der Waals surface area contributed by atoms with Crippen LogP contribution in [-0.2, 0) is 4.79 Å². The molecule has 0 aliphatic heterocycles. The molecule has 0 saturated heterocycles. The number of carbonyl (C=O) groups is 2. The first-order chi connectivity index (χ1) is 9.10. The number of rotatable bonds is 7. The summed E-state index contributed by atoms with van der Waals surface area (Å²) in [6.07, 6.45) is 1.53. The molecule has 0 heterocycles. The van der Waals surface area contributed by atoms with Gasteiger partial charge in [-0.3, -0.25) is 4.79 Å². The lowest BCUT2D eigenvalue weighted by Gasteiger charge is -2.12. The number of para-hydroxylation sites is 1. The molecule has 0 spiro atoms. The van der Waals surface area contributed by atoms with Gasteiger partial charge in [0.25, 0.3) is 5.91 Å². The SMILES string of the molecule is C=CCNC(=O)COc1c(OC)cccc1C(=O)O. The summed E-state index contributed by atoms with van der Waals surface area (Å²) in [5.41, 5.74) is -0.0594. The van der Waals surface area contributed by atoms with E-state index in [1.807, 2.05) is 0 Å². The first-order valence-electron chi connectivity index (χ1n) is 5.50. The molecular weight excluding hydrogens is 250 g/mol. The van der Waals surface area contributed by atoms with Gasteiger partial charge in [0.05, 0.1) is 7.11 Å². The molecule has 6 nitrogen and oxygen atoms in total. The molecule has 0 radical (unpaired) electrons. The summed E-state index contributed by atoms with van der Waals surface area (Å²) in [6, 6.07) is 4.47. The fraction of sp³-hybridized carbons (Fsp3) is 0.231. The first kappa shape index (κ1) is 14.6. The van der Waals surface area contributed by atoms with E-state index in [1.165, 1.54) is 25.3 Å². The fourth-order valence-corrected chi connectivity index (χ4v) is 1.37. The highest BCUT2D eigenvalue weighted by molar-refractivity contribution is 5.92. The van der Waals surface area contributed by atoms with Gasteiger partial charge in [0.1, 0.15) is 5.56 Å². The highest BCUT2D eigenvalue weighted by Crippen LogP contribution is 2.30. The number of benzene rings is 1. The summed E-state index contributed by atoms with van der Waals surface area (Å²) in [7, 11) is 1.39. The Hall–Kier alpha value is -2.50. The van der Waals surface area contributed by atoms with Crippen LogP contribution in [0.15, 0.2) is 30.9 Å². The first-order valence-corrected chi connectivity index (χ1v) is 5.50. The number of amides is 1. The Labute approximate surface area is 110 Å². The van der Waals surface area contributed by atoms with Crippen LogP contribution in [0, 0.1) is 0 Å². The molecule has 0 saturated carbocycles. The molecule has 0 unspecified atom stereocenters. The van der Waals surface area contributed by atoms with Crippen molar-refractivity contribution >= 4 is 11.9 Å². The lowest BCUT2D eigenvalue weighted by Crippen LogP contribution is -2.29. The summed E-state index contributed by atoms with van der Waals surface area (Å²) in [5, 5.41) is 11.6. The number of carboxylic acids is 1. The molecule has 1 aromatic rings. The second kappa shape index (κ2) is 7.05. The van der Waals surface area contributed by atoms with Gasteiger partial charge in [-0.2, -0.15) is 0 Å². The summed E-state index contributed by atoms with van der Waals surface area (Å²) < 4.78 is 10.2. The molecule has 0 atom stereocenters. The van der Waals surface area contributed by atoms with E-state index in [0.29, 0.717) is 6.54 Å². The quantitative estimate of drug-likeness (QED) is 0.720. The summed E-state index contributed by atoms with van der Waals surface area (Å²) >= 11 is 0. The van der Waals surface area contributed by atoms with Crippen molar-refractivity contribution in [2.24, 2.45) is 0 Å². The van der Waals surface area contributed by atoms with Gasteiger partial charge >= 0.3 is 5.97 Å². The highest BCUT2D eigenvalue weighted by Gasteiger charge is 2.17. The third-order valence-corrected chi connectivity index (χ3v) is 2.22. The second-order valence-corrected chi connectivity index (χ2v) is 3.52. The predicted octanol–water partition coefficient (Wildman–Crippen LogP) is 1.07. The average Bonchev–Trinajstić information content (AvgIpc) is 2.42. The van der Waals surface area contributed by atoms with Crippen LogP contribution in [0.2, 0.25) is 0 Å². The van der Waals surface area contributed by atoms with Gasteiger partial charge in [-0.05, 0) is 12.1 Å². The van der Waals surface area contributed by atoms with Gasteiger partial charge < -0.3 is 19.9 Å². The zero-order chi connectivity index (χ0) is 14.3. The maximum absolute atomic E-state index is 11.4. The van der Waals surface area contributed by atoms with Crippen molar-refractivity contribution < 1.29 is 24.2 Å². The lowest BCUT2D eigenvalue weighted by molar-refractivity contribution is -0.122. The summed E-state index contributed by atoms with van der Waals surface area (Å²) in [6.45, 7) is 3.48. The molecule has 1 aromatic carbocycles. The van der Waals surface area contributed by atoms with Crippen molar-refractivity contribution in [1.82, 2.24) is 5.32 Å². The van der Waals surface area contributed by atoms with Gasteiger partial charge in [0, 0.05) is 6.54 Å². The van der Waals surface area contributed by atoms with Crippen LogP contribution in [0.3, 0.4) is 0 Å². The lowest BCUT2D eigenvalue weighted by atomic mass is 10.2. The number of ether oxygens (including phenoxy) is 2. The predicted molar refractivity (Wildman–Crippen MR) is 68.7 cm³/mol. The number of carboxylic acid groups (broad SMARTS) is 1. The van der Waals surface area contributed by atoms with Crippen LogP contribution in [0.4, 0.5) is 0 Å². The third-order valence-electron chi connectivity index (χ3n) is 2.22. The molecule has 0 aliphatic carbocycles. The van der Waals surface area contributed by atoms with Crippen LogP contribution in [0.25, 0.3) is 0 Å². The number of carbonyl (C=O) groups excluding carboxylic acids is 1. The molecule has 1 amide bonds. The van der Waals surface area contributed by atoms with E-state index >= 15 is 0 Å². The van der Waals surface area contributed by atoms with Gasteiger partial charge in [-0.15, -0.1) is 6.58 Å². The smallest absolute Gasteiger partial charge is 0.339 e. The molecule has 2 N–H and O–H groups in total. The van der Waals surface area contributed by atoms with Crippen LogP contribution in [0.5, 0.6) is 11.5 Å². The summed E-state index contributed by atoms with van der Waals surface area (Å²) in [5.74, 6) is -1.23. The minimum atomic E-state index is -1.15. The zero-order valence-corrected chi connectivity index (χ0v) is 10.5. The molecule has 6 heteroatoms. The van der Waals surface area contributed by atoms with Crippen molar-refractivity contribution in [2.75, 3.05) is 20.3 Å². The summed E-state index contributed by atoms with van der Waals surface area (Å²) in [4.78, 5) is 22.4. The monoisotopic (exact) mass is 265 g/mol. The Morgan fingerprint density at radius 1 is 1.47 bits per heavy atom. The van der Waals surface area contributed by atoms with Gasteiger partial charge in [-0.25, -0.2) is 4.79 Å². The molecule has 19 heavy (non-hydrogen) atoms. The van der Waals surface area contributed by atoms with Gasteiger partial charge in [0.15, 0.2) is 18.1 Å². The van der Waals surface area contributed by atoms with Crippen molar-refractivity contribution in [3.63, 3.8) is 0 Å². The van der Waals surface area contributed by atoms with Crippen LogP contribution >= 0.6 is 0 Å². The van der Waals surface area contributed by atoms with E-state index in [2.05, 4.69) is 11.9 Å². The van der Waals surface area contributed by atoms with Crippen LogP contribution < -0.4 is 14.8 Å². The van der Waals surface area contributed by atoms with Crippen molar-refractivity contribution in [2.45, 2.75) is 0 Å². The standard InChI is InChI=1S/C13H15NO5/c1-3-7-14-11(15)8-19-12-9(13(16)17)5-4-6-10(12)18-2/h3-6H,1,7-8H2,2H3,(H,14,15)(H,16,17). The Kier molecular flexibility index (Phi) is 5.40. The highest BCUT2D eigenvalue weighted by atomic mass is 16.5. The molecule has 0 fully saturated rings. The number of hydrogen-bond acceptors (Lipinski definition) is 4. The maximum Gasteiger partial charge on any atom is 0.339 e.